The fourth-order valence-corrected chi connectivity index (χ4v) is 1.84. The first-order valence-electron chi connectivity index (χ1n) is 6.45. The summed E-state index contributed by atoms with van der Waals surface area (Å²) >= 11 is 0. The molecule has 0 atom stereocenters. The van der Waals surface area contributed by atoms with Gasteiger partial charge in [0.25, 0.3) is 0 Å². The van der Waals surface area contributed by atoms with Gasteiger partial charge in [-0.15, -0.1) is 0 Å². The van der Waals surface area contributed by atoms with E-state index in [0.29, 0.717) is 17.2 Å². The summed E-state index contributed by atoms with van der Waals surface area (Å²) in [5.74, 6) is 1.95. The molecule has 0 saturated carbocycles. The Morgan fingerprint density at radius 2 is 1.47 bits per heavy atom. The molecule has 0 fully saturated rings. The third kappa shape index (κ3) is 4.52. The highest BCUT2D eigenvalue weighted by molar-refractivity contribution is 5.62. The van der Waals surface area contributed by atoms with E-state index in [0.717, 1.165) is 31.6 Å². The Balaban J connectivity index is 2.68. The maximum atomic E-state index is 5.31. The van der Waals surface area contributed by atoms with Crippen molar-refractivity contribution in [2.45, 2.75) is 12.8 Å². The Labute approximate surface area is 115 Å². The van der Waals surface area contributed by atoms with Gasteiger partial charge >= 0.3 is 0 Å². The molecule has 0 spiro atoms. The second-order valence-electron chi connectivity index (χ2n) is 4.15. The lowest BCUT2D eigenvalue weighted by molar-refractivity contribution is 0.324. The van der Waals surface area contributed by atoms with Crippen molar-refractivity contribution in [1.29, 1.82) is 0 Å². The summed E-state index contributed by atoms with van der Waals surface area (Å²) < 4.78 is 15.9. The molecule has 0 heterocycles. The molecule has 0 unspecified atom stereocenters. The first kappa shape index (κ1) is 15.4. The third-order valence-corrected chi connectivity index (χ3v) is 2.85. The van der Waals surface area contributed by atoms with Crippen molar-refractivity contribution in [2.24, 2.45) is 0 Å². The molecule has 0 aromatic heterocycles. The molecule has 0 aliphatic carbocycles. The molecule has 108 valence electrons. The molecule has 5 heteroatoms. The standard InChI is InChI=1S/C14H24N2O3/c1-15-7-5-6-8-16-11-9-12(17-2)14(19-4)13(10-11)18-3/h9-10,15-16H,5-8H2,1-4H3. The fourth-order valence-electron chi connectivity index (χ4n) is 1.84. The first-order chi connectivity index (χ1) is 9.26. The molecule has 5 nitrogen and oxygen atoms in total. The van der Waals surface area contributed by atoms with Crippen LogP contribution in [0, 0.1) is 0 Å². The molecular formula is C14H24N2O3. The molecule has 1 aromatic carbocycles. The lowest BCUT2D eigenvalue weighted by Crippen LogP contribution is -2.10. The molecule has 0 aliphatic rings. The average molecular weight is 268 g/mol. The molecule has 0 bridgehead atoms. The Kier molecular flexibility index (Phi) is 6.89. The molecule has 0 saturated heterocycles. The molecule has 1 rings (SSSR count). The van der Waals surface area contributed by atoms with Crippen LogP contribution >= 0.6 is 0 Å². The normalized spacial score (nSPS) is 10.1. The second kappa shape index (κ2) is 8.48. The monoisotopic (exact) mass is 268 g/mol. The zero-order chi connectivity index (χ0) is 14.1. The summed E-state index contributed by atoms with van der Waals surface area (Å²) in [7, 11) is 6.81. The second-order valence-corrected chi connectivity index (χ2v) is 4.15. The predicted octanol–water partition coefficient (Wildman–Crippen LogP) is 2.12. The number of nitrogens with one attached hydrogen (secondary N) is 2. The van der Waals surface area contributed by atoms with Gasteiger partial charge in [0.15, 0.2) is 11.5 Å². The van der Waals surface area contributed by atoms with Crippen molar-refractivity contribution in [3.8, 4) is 17.2 Å². The van der Waals surface area contributed by atoms with Crippen LogP contribution in [0.25, 0.3) is 0 Å². The van der Waals surface area contributed by atoms with Gasteiger partial charge in [-0.1, -0.05) is 0 Å². The van der Waals surface area contributed by atoms with E-state index in [9.17, 15) is 0 Å². The van der Waals surface area contributed by atoms with Gasteiger partial charge in [0.2, 0.25) is 5.75 Å². The van der Waals surface area contributed by atoms with Gasteiger partial charge in [-0.2, -0.15) is 0 Å². The smallest absolute Gasteiger partial charge is 0.203 e. The van der Waals surface area contributed by atoms with Crippen molar-refractivity contribution in [2.75, 3.05) is 46.8 Å². The van der Waals surface area contributed by atoms with Gasteiger partial charge in [-0.3, -0.25) is 0 Å². The highest BCUT2D eigenvalue weighted by atomic mass is 16.5. The van der Waals surface area contributed by atoms with Crippen LogP contribution in [0.4, 0.5) is 5.69 Å². The SMILES string of the molecule is CNCCCCNc1cc(OC)c(OC)c(OC)c1. The number of hydrogen-bond donors (Lipinski definition) is 2. The van der Waals surface area contributed by atoms with Crippen molar-refractivity contribution in [3.05, 3.63) is 12.1 Å². The van der Waals surface area contributed by atoms with Crippen molar-refractivity contribution in [1.82, 2.24) is 5.32 Å². The summed E-state index contributed by atoms with van der Waals surface area (Å²) in [5, 5.41) is 6.49. The van der Waals surface area contributed by atoms with E-state index in [4.69, 9.17) is 14.2 Å². The Morgan fingerprint density at radius 1 is 0.895 bits per heavy atom. The van der Waals surface area contributed by atoms with Crippen molar-refractivity contribution in [3.63, 3.8) is 0 Å². The number of hydrogen-bond acceptors (Lipinski definition) is 5. The lowest BCUT2D eigenvalue weighted by atomic mass is 10.2. The summed E-state index contributed by atoms with van der Waals surface area (Å²) in [4.78, 5) is 0. The van der Waals surface area contributed by atoms with Gasteiger partial charge in [-0.05, 0) is 26.4 Å². The van der Waals surface area contributed by atoms with E-state index in [1.807, 2.05) is 19.2 Å². The minimum Gasteiger partial charge on any atom is -0.493 e. The minimum absolute atomic E-state index is 0.616. The maximum absolute atomic E-state index is 5.31. The highest BCUT2D eigenvalue weighted by Gasteiger charge is 2.12. The zero-order valence-electron chi connectivity index (χ0n) is 12.2. The van der Waals surface area contributed by atoms with E-state index in [-0.39, 0.29) is 0 Å². The maximum Gasteiger partial charge on any atom is 0.203 e. The third-order valence-electron chi connectivity index (χ3n) is 2.85. The summed E-state index contributed by atoms with van der Waals surface area (Å²) in [6.45, 7) is 1.96. The molecule has 2 N–H and O–H groups in total. The average Bonchev–Trinajstić information content (AvgIpc) is 2.45. The largest absolute Gasteiger partial charge is 0.493 e. The van der Waals surface area contributed by atoms with Crippen molar-refractivity contribution < 1.29 is 14.2 Å². The van der Waals surface area contributed by atoms with E-state index in [1.54, 1.807) is 21.3 Å². The van der Waals surface area contributed by atoms with Crippen molar-refractivity contribution >= 4 is 5.69 Å². The van der Waals surface area contributed by atoms with Crippen LogP contribution in [0.3, 0.4) is 0 Å². The Bertz CT molecular complexity index is 358. The van der Waals surface area contributed by atoms with E-state index < -0.39 is 0 Å². The van der Waals surface area contributed by atoms with Crippen LogP contribution < -0.4 is 24.8 Å². The number of unbranched alkanes of at least 4 members (excludes halogenated alkanes) is 1. The van der Waals surface area contributed by atoms with Crippen LogP contribution in [0.2, 0.25) is 0 Å². The van der Waals surface area contributed by atoms with Crippen LogP contribution in [0.1, 0.15) is 12.8 Å². The van der Waals surface area contributed by atoms with Gasteiger partial charge in [0.1, 0.15) is 0 Å². The van der Waals surface area contributed by atoms with Gasteiger partial charge in [0, 0.05) is 24.4 Å². The zero-order valence-corrected chi connectivity index (χ0v) is 12.2. The molecular weight excluding hydrogens is 244 g/mol. The minimum atomic E-state index is 0.616. The van der Waals surface area contributed by atoms with Gasteiger partial charge < -0.3 is 24.8 Å². The predicted molar refractivity (Wildman–Crippen MR) is 77.7 cm³/mol. The van der Waals surface area contributed by atoms with Gasteiger partial charge in [0.05, 0.1) is 21.3 Å². The Hall–Kier alpha value is -1.62. The first-order valence-corrected chi connectivity index (χ1v) is 6.45. The lowest BCUT2D eigenvalue weighted by Gasteiger charge is -2.15. The molecule has 1 aromatic rings. The topological polar surface area (TPSA) is 51.8 Å². The van der Waals surface area contributed by atoms with Gasteiger partial charge in [-0.25, -0.2) is 0 Å². The number of rotatable bonds is 9. The summed E-state index contributed by atoms with van der Waals surface area (Å²) in [6.07, 6.45) is 2.26. The van der Waals surface area contributed by atoms with Crippen LogP contribution in [0.5, 0.6) is 17.2 Å². The molecule has 0 amide bonds. The van der Waals surface area contributed by atoms with Crippen LogP contribution in [0.15, 0.2) is 12.1 Å². The molecule has 0 radical (unpaired) electrons. The molecule has 0 aliphatic heterocycles. The van der Waals surface area contributed by atoms with Crippen LogP contribution in [-0.4, -0.2) is 41.5 Å². The summed E-state index contributed by atoms with van der Waals surface area (Å²) in [6, 6.07) is 3.83. The van der Waals surface area contributed by atoms with E-state index in [2.05, 4.69) is 10.6 Å². The fraction of sp³-hybridized carbons (Fsp3) is 0.571. The Morgan fingerprint density at radius 3 is 1.95 bits per heavy atom. The van der Waals surface area contributed by atoms with E-state index >= 15 is 0 Å². The number of benzene rings is 1. The van der Waals surface area contributed by atoms with Crippen LogP contribution in [-0.2, 0) is 0 Å². The number of ether oxygens (including phenoxy) is 3. The highest BCUT2D eigenvalue weighted by Crippen LogP contribution is 2.39. The summed E-state index contributed by atoms with van der Waals surface area (Å²) in [5.41, 5.74) is 0.971. The number of methoxy groups -OCH3 is 3. The molecule has 19 heavy (non-hydrogen) atoms. The quantitative estimate of drug-likeness (QED) is 0.672. The van der Waals surface area contributed by atoms with E-state index in [1.165, 1.54) is 0 Å². The number of anilines is 1.